The van der Waals surface area contributed by atoms with E-state index in [9.17, 15) is 38.2 Å². The van der Waals surface area contributed by atoms with Crippen LogP contribution in [0.5, 0.6) is 0 Å². The van der Waals surface area contributed by atoms with Crippen LogP contribution in [0.25, 0.3) is 0 Å². The molecular weight excluding hydrogens is 392 g/mol. The lowest BCUT2D eigenvalue weighted by molar-refractivity contribution is -0.143. The SMILES string of the molecule is CC(C)C(N[C@@H](CN1C(=O)CN(Cc2cc(F)cc(F)c2)C1=O)C(=O)O)C(=O)O. The zero-order valence-electron chi connectivity index (χ0n) is 15.8. The van der Waals surface area contributed by atoms with Crippen molar-refractivity contribution in [3.8, 4) is 0 Å². The van der Waals surface area contributed by atoms with Crippen LogP contribution in [-0.2, 0) is 20.9 Å². The Bertz CT molecular complexity index is 812. The number of carboxylic acid groups (broad SMARTS) is 2. The van der Waals surface area contributed by atoms with Gasteiger partial charge in [0.1, 0.15) is 30.3 Å². The van der Waals surface area contributed by atoms with Crippen molar-refractivity contribution in [2.75, 3.05) is 13.1 Å². The number of amides is 3. The largest absolute Gasteiger partial charge is 0.480 e. The third-order valence-electron chi connectivity index (χ3n) is 4.40. The number of hydrogen-bond acceptors (Lipinski definition) is 5. The summed E-state index contributed by atoms with van der Waals surface area (Å²) in [6.07, 6.45) is 0. The van der Waals surface area contributed by atoms with Crippen molar-refractivity contribution in [1.29, 1.82) is 0 Å². The fourth-order valence-electron chi connectivity index (χ4n) is 2.97. The number of carbonyl (C=O) groups excluding carboxylic acids is 2. The van der Waals surface area contributed by atoms with Gasteiger partial charge in [0, 0.05) is 12.6 Å². The minimum absolute atomic E-state index is 0.129. The van der Waals surface area contributed by atoms with Gasteiger partial charge in [0.25, 0.3) is 0 Å². The topological polar surface area (TPSA) is 127 Å². The van der Waals surface area contributed by atoms with E-state index in [2.05, 4.69) is 5.32 Å². The number of aliphatic carboxylic acids is 2. The lowest BCUT2D eigenvalue weighted by Crippen LogP contribution is -2.55. The zero-order valence-corrected chi connectivity index (χ0v) is 15.8. The molecule has 11 heteroatoms. The van der Waals surface area contributed by atoms with Gasteiger partial charge in [-0.05, 0) is 23.6 Å². The van der Waals surface area contributed by atoms with E-state index < -0.39 is 66.6 Å². The van der Waals surface area contributed by atoms with Crippen LogP contribution >= 0.6 is 0 Å². The molecule has 1 aromatic carbocycles. The Morgan fingerprint density at radius 1 is 1.10 bits per heavy atom. The molecule has 0 spiro atoms. The van der Waals surface area contributed by atoms with Gasteiger partial charge in [-0.15, -0.1) is 0 Å². The second kappa shape index (κ2) is 8.95. The molecule has 2 rings (SSSR count). The molecule has 29 heavy (non-hydrogen) atoms. The van der Waals surface area contributed by atoms with Gasteiger partial charge in [0.15, 0.2) is 0 Å². The van der Waals surface area contributed by atoms with E-state index in [0.717, 1.165) is 17.0 Å². The van der Waals surface area contributed by atoms with Crippen molar-refractivity contribution >= 4 is 23.9 Å². The molecule has 0 aliphatic carbocycles. The quantitative estimate of drug-likeness (QED) is 0.513. The van der Waals surface area contributed by atoms with E-state index in [1.807, 2.05) is 0 Å². The molecule has 1 aliphatic heterocycles. The van der Waals surface area contributed by atoms with Crippen LogP contribution in [0, 0.1) is 17.6 Å². The maximum absolute atomic E-state index is 13.3. The van der Waals surface area contributed by atoms with Gasteiger partial charge in [-0.1, -0.05) is 13.8 Å². The number of halogens is 2. The lowest BCUT2D eigenvalue weighted by atomic mass is 10.0. The van der Waals surface area contributed by atoms with E-state index in [0.29, 0.717) is 11.0 Å². The number of nitrogens with one attached hydrogen (secondary N) is 1. The van der Waals surface area contributed by atoms with Gasteiger partial charge in [0.2, 0.25) is 5.91 Å². The minimum Gasteiger partial charge on any atom is -0.480 e. The molecule has 0 aromatic heterocycles. The molecule has 1 saturated heterocycles. The molecule has 1 heterocycles. The van der Waals surface area contributed by atoms with E-state index in [4.69, 9.17) is 0 Å². The van der Waals surface area contributed by atoms with E-state index in [1.165, 1.54) is 0 Å². The Labute approximate surface area is 164 Å². The van der Waals surface area contributed by atoms with Crippen LogP contribution in [0.15, 0.2) is 18.2 Å². The molecule has 1 aliphatic rings. The Kier molecular flexibility index (Phi) is 6.85. The van der Waals surface area contributed by atoms with Crippen molar-refractivity contribution < 1.29 is 38.2 Å². The number of imide groups is 1. The second-order valence-electron chi connectivity index (χ2n) is 7.04. The van der Waals surface area contributed by atoms with E-state index in [-0.39, 0.29) is 12.1 Å². The predicted molar refractivity (Wildman–Crippen MR) is 94.7 cm³/mol. The van der Waals surface area contributed by atoms with Crippen LogP contribution in [0.4, 0.5) is 13.6 Å². The molecular formula is C18H21F2N3O6. The smallest absolute Gasteiger partial charge is 0.327 e. The van der Waals surface area contributed by atoms with Gasteiger partial charge in [0.05, 0.1) is 6.54 Å². The zero-order chi connectivity index (χ0) is 21.9. The minimum atomic E-state index is -1.50. The maximum atomic E-state index is 13.3. The van der Waals surface area contributed by atoms with Gasteiger partial charge >= 0.3 is 18.0 Å². The predicted octanol–water partition coefficient (Wildman–Crippen LogP) is 0.881. The number of carboxylic acids is 2. The first-order valence-electron chi connectivity index (χ1n) is 8.75. The van der Waals surface area contributed by atoms with Gasteiger partial charge in [-0.25, -0.2) is 13.6 Å². The summed E-state index contributed by atoms with van der Waals surface area (Å²) < 4.78 is 26.6. The van der Waals surface area contributed by atoms with E-state index >= 15 is 0 Å². The molecule has 1 fully saturated rings. The summed E-state index contributed by atoms with van der Waals surface area (Å²) in [5.41, 5.74) is 0.129. The van der Waals surface area contributed by atoms with Crippen molar-refractivity contribution in [2.45, 2.75) is 32.5 Å². The van der Waals surface area contributed by atoms with E-state index in [1.54, 1.807) is 13.8 Å². The van der Waals surface area contributed by atoms with Crippen LogP contribution in [0.3, 0.4) is 0 Å². The average Bonchev–Trinajstić information content (AvgIpc) is 2.83. The van der Waals surface area contributed by atoms with Crippen molar-refractivity contribution in [2.24, 2.45) is 5.92 Å². The molecule has 1 aromatic rings. The number of benzene rings is 1. The summed E-state index contributed by atoms with van der Waals surface area (Å²) in [4.78, 5) is 49.2. The highest BCUT2D eigenvalue weighted by Crippen LogP contribution is 2.17. The monoisotopic (exact) mass is 413 g/mol. The van der Waals surface area contributed by atoms with Crippen LogP contribution in [-0.4, -0.2) is 69.1 Å². The maximum Gasteiger partial charge on any atom is 0.327 e. The molecule has 1 unspecified atom stereocenters. The fourth-order valence-corrected chi connectivity index (χ4v) is 2.97. The van der Waals surface area contributed by atoms with Crippen molar-refractivity contribution in [1.82, 2.24) is 15.1 Å². The Balaban J connectivity index is 2.12. The molecule has 3 amide bonds. The lowest BCUT2D eigenvalue weighted by Gasteiger charge is -2.25. The molecule has 0 saturated carbocycles. The first kappa shape index (κ1) is 22.2. The van der Waals surface area contributed by atoms with Crippen LogP contribution < -0.4 is 5.32 Å². The summed E-state index contributed by atoms with van der Waals surface area (Å²) in [7, 11) is 0. The second-order valence-corrected chi connectivity index (χ2v) is 7.04. The molecule has 158 valence electrons. The average molecular weight is 413 g/mol. The van der Waals surface area contributed by atoms with Crippen LogP contribution in [0.2, 0.25) is 0 Å². The number of hydrogen-bond donors (Lipinski definition) is 3. The Hall–Kier alpha value is -3.08. The number of rotatable bonds is 9. The summed E-state index contributed by atoms with van der Waals surface area (Å²) in [6.45, 7) is 1.94. The standard InChI is InChI=1S/C18H21F2N3O6/c1-9(2)15(17(27)28)21-13(16(25)26)7-23-14(24)8-22(18(23)29)6-10-3-11(19)5-12(20)4-10/h3-5,9,13,15,21H,6-8H2,1-2H3,(H,25,26)(H,27,28)/t13-,15?/m0/s1. The molecule has 3 N–H and O–H groups in total. The molecule has 9 nitrogen and oxygen atoms in total. The molecule has 2 atom stereocenters. The highest BCUT2D eigenvalue weighted by Gasteiger charge is 2.39. The Morgan fingerprint density at radius 3 is 2.17 bits per heavy atom. The van der Waals surface area contributed by atoms with Gasteiger partial charge in [-0.3, -0.25) is 24.6 Å². The number of urea groups is 1. The fraction of sp³-hybridized carbons (Fsp3) is 0.444. The Morgan fingerprint density at radius 2 is 1.69 bits per heavy atom. The first-order chi connectivity index (χ1) is 13.5. The third kappa shape index (κ3) is 5.47. The normalized spacial score (nSPS) is 16.4. The number of nitrogens with zero attached hydrogens (tertiary/aromatic N) is 2. The summed E-state index contributed by atoms with van der Waals surface area (Å²) in [5.74, 6) is -5.50. The highest BCUT2D eigenvalue weighted by atomic mass is 19.1. The number of carbonyl (C=O) groups is 4. The summed E-state index contributed by atoms with van der Waals surface area (Å²) in [5, 5.41) is 21.0. The summed E-state index contributed by atoms with van der Waals surface area (Å²) >= 11 is 0. The molecule has 0 radical (unpaired) electrons. The van der Waals surface area contributed by atoms with Gasteiger partial charge < -0.3 is 15.1 Å². The van der Waals surface area contributed by atoms with Gasteiger partial charge in [-0.2, -0.15) is 0 Å². The molecule has 0 bridgehead atoms. The summed E-state index contributed by atoms with van der Waals surface area (Å²) in [6, 6.07) is -0.822. The highest BCUT2D eigenvalue weighted by molar-refractivity contribution is 6.02. The third-order valence-corrected chi connectivity index (χ3v) is 4.40. The van der Waals surface area contributed by atoms with Crippen molar-refractivity contribution in [3.63, 3.8) is 0 Å². The van der Waals surface area contributed by atoms with Crippen LogP contribution in [0.1, 0.15) is 19.4 Å². The van der Waals surface area contributed by atoms with Crippen molar-refractivity contribution in [3.05, 3.63) is 35.4 Å². The first-order valence-corrected chi connectivity index (χ1v) is 8.75.